The van der Waals surface area contributed by atoms with Gasteiger partial charge >= 0.3 is 15.3 Å². The molecular formula is C4H7Cl2NO4S. The van der Waals surface area contributed by atoms with E-state index >= 15 is 0 Å². The average Bonchev–Trinajstić information content (AvgIpc) is 1.82. The molecule has 1 unspecified atom stereocenters. The van der Waals surface area contributed by atoms with Crippen LogP contribution >= 0.6 is 22.3 Å². The van der Waals surface area contributed by atoms with Gasteiger partial charge in [0.1, 0.15) is 6.10 Å². The fourth-order valence-corrected chi connectivity index (χ4v) is 0.837. The van der Waals surface area contributed by atoms with Gasteiger partial charge < -0.3 is 4.74 Å². The maximum Gasteiger partial charge on any atom is 0.422 e. The number of alkyl halides is 1. The van der Waals surface area contributed by atoms with Gasteiger partial charge in [-0.3, -0.25) is 0 Å². The molecule has 72 valence electrons. The highest BCUT2D eigenvalue weighted by molar-refractivity contribution is 8.12. The van der Waals surface area contributed by atoms with Crippen LogP contribution in [0.4, 0.5) is 4.79 Å². The van der Waals surface area contributed by atoms with Crippen molar-refractivity contribution in [2.24, 2.45) is 0 Å². The normalized spacial score (nSPS) is 13.6. The Bertz CT molecular complexity index is 252. The van der Waals surface area contributed by atoms with Gasteiger partial charge in [-0.05, 0) is 6.92 Å². The number of rotatable bonds is 3. The van der Waals surface area contributed by atoms with E-state index in [1.807, 2.05) is 0 Å². The summed E-state index contributed by atoms with van der Waals surface area (Å²) in [6.07, 6.45) is -1.71. The van der Waals surface area contributed by atoms with E-state index in [9.17, 15) is 13.2 Å². The van der Waals surface area contributed by atoms with Crippen LogP contribution in [0.1, 0.15) is 6.92 Å². The van der Waals surface area contributed by atoms with Crippen LogP contribution in [-0.2, 0) is 14.0 Å². The molecule has 0 saturated carbocycles. The molecule has 12 heavy (non-hydrogen) atoms. The average molecular weight is 236 g/mol. The lowest BCUT2D eigenvalue weighted by Crippen LogP contribution is -2.30. The highest BCUT2D eigenvalue weighted by atomic mass is 35.7. The third kappa shape index (κ3) is 6.51. The molecule has 1 N–H and O–H groups in total. The molecule has 0 rings (SSSR count). The molecule has 0 aliphatic heterocycles. The Kier molecular flexibility index (Phi) is 4.66. The van der Waals surface area contributed by atoms with Crippen molar-refractivity contribution in [2.45, 2.75) is 13.0 Å². The fourth-order valence-electron chi connectivity index (χ4n) is 0.338. The van der Waals surface area contributed by atoms with Crippen LogP contribution in [-0.4, -0.2) is 26.5 Å². The predicted octanol–water partition coefficient (Wildman–Crippen LogP) is 0.824. The zero-order valence-corrected chi connectivity index (χ0v) is 8.41. The zero-order chi connectivity index (χ0) is 9.78. The molecule has 0 heterocycles. The Morgan fingerprint density at radius 3 is 2.50 bits per heavy atom. The summed E-state index contributed by atoms with van der Waals surface area (Å²) in [4.78, 5) is 10.6. The van der Waals surface area contributed by atoms with Crippen molar-refractivity contribution in [3.8, 4) is 0 Å². The molecular weight excluding hydrogens is 229 g/mol. The number of hydrogen-bond acceptors (Lipinski definition) is 4. The summed E-state index contributed by atoms with van der Waals surface area (Å²) in [5, 5.41) is 0. The van der Waals surface area contributed by atoms with E-state index in [1.165, 1.54) is 11.6 Å². The van der Waals surface area contributed by atoms with Gasteiger partial charge in [0, 0.05) is 10.7 Å². The quantitative estimate of drug-likeness (QED) is 0.581. The fraction of sp³-hybridized carbons (Fsp3) is 0.750. The van der Waals surface area contributed by atoms with E-state index in [0.29, 0.717) is 0 Å². The van der Waals surface area contributed by atoms with Crippen molar-refractivity contribution in [1.29, 1.82) is 0 Å². The van der Waals surface area contributed by atoms with Gasteiger partial charge in [-0.25, -0.2) is 9.52 Å². The Morgan fingerprint density at radius 2 is 2.17 bits per heavy atom. The van der Waals surface area contributed by atoms with Gasteiger partial charge in [-0.15, -0.1) is 11.6 Å². The van der Waals surface area contributed by atoms with Crippen molar-refractivity contribution in [1.82, 2.24) is 4.72 Å². The van der Waals surface area contributed by atoms with Gasteiger partial charge in [-0.2, -0.15) is 8.42 Å². The van der Waals surface area contributed by atoms with Crippen molar-refractivity contribution < 1.29 is 17.9 Å². The first-order chi connectivity index (χ1) is 5.35. The highest BCUT2D eigenvalue weighted by Gasteiger charge is 2.13. The van der Waals surface area contributed by atoms with Gasteiger partial charge in [0.15, 0.2) is 0 Å². The van der Waals surface area contributed by atoms with Gasteiger partial charge in [0.25, 0.3) is 0 Å². The van der Waals surface area contributed by atoms with E-state index in [0.717, 1.165) is 0 Å². The highest BCUT2D eigenvalue weighted by Crippen LogP contribution is 1.96. The molecule has 1 amide bonds. The molecule has 8 heteroatoms. The molecule has 0 spiro atoms. The lowest BCUT2D eigenvalue weighted by atomic mass is 10.5. The van der Waals surface area contributed by atoms with Gasteiger partial charge in [0.2, 0.25) is 0 Å². The van der Waals surface area contributed by atoms with Crippen LogP contribution in [0.15, 0.2) is 0 Å². The summed E-state index contributed by atoms with van der Waals surface area (Å²) in [7, 11) is 0.609. The third-order valence-electron chi connectivity index (χ3n) is 0.731. The summed E-state index contributed by atoms with van der Waals surface area (Å²) in [5.41, 5.74) is 0. The maximum atomic E-state index is 10.6. The minimum atomic E-state index is -4.07. The second kappa shape index (κ2) is 4.74. The van der Waals surface area contributed by atoms with E-state index < -0.39 is 21.4 Å². The van der Waals surface area contributed by atoms with Crippen molar-refractivity contribution in [3.63, 3.8) is 0 Å². The van der Waals surface area contributed by atoms with E-state index in [4.69, 9.17) is 11.6 Å². The van der Waals surface area contributed by atoms with Crippen LogP contribution in [0.25, 0.3) is 0 Å². The molecule has 0 radical (unpaired) electrons. The summed E-state index contributed by atoms with van der Waals surface area (Å²) < 4.78 is 26.3. The van der Waals surface area contributed by atoms with E-state index in [2.05, 4.69) is 15.4 Å². The van der Waals surface area contributed by atoms with Gasteiger partial charge in [-0.1, -0.05) is 0 Å². The molecule has 0 bridgehead atoms. The Labute approximate surface area is 79.5 Å². The SMILES string of the molecule is CC(CCl)OC(=O)NS(=O)(=O)Cl. The molecule has 1 atom stereocenters. The molecule has 0 aromatic heterocycles. The van der Waals surface area contributed by atoms with E-state index in [-0.39, 0.29) is 5.88 Å². The van der Waals surface area contributed by atoms with E-state index in [1.54, 1.807) is 0 Å². The number of nitrogens with one attached hydrogen (secondary N) is 1. The third-order valence-corrected chi connectivity index (χ3v) is 1.81. The molecule has 0 fully saturated rings. The second-order valence-electron chi connectivity index (χ2n) is 1.91. The first-order valence-corrected chi connectivity index (χ1v) is 5.68. The Balaban J connectivity index is 3.92. The summed E-state index contributed by atoms with van der Waals surface area (Å²) in [6, 6.07) is 0. The van der Waals surface area contributed by atoms with Crippen LogP contribution < -0.4 is 4.72 Å². The monoisotopic (exact) mass is 235 g/mol. The Morgan fingerprint density at radius 1 is 1.67 bits per heavy atom. The first kappa shape index (κ1) is 11.8. The van der Waals surface area contributed by atoms with Crippen molar-refractivity contribution in [3.05, 3.63) is 0 Å². The van der Waals surface area contributed by atoms with Crippen LogP contribution in [0.3, 0.4) is 0 Å². The molecule has 0 aromatic carbocycles. The van der Waals surface area contributed by atoms with Crippen molar-refractivity contribution in [2.75, 3.05) is 5.88 Å². The summed E-state index contributed by atoms with van der Waals surface area (Å²) in [5.74, 6) is 0.0791. The van der Waals surface area contributed by atoms with Gasteiger partial charge in [0.05, 0.1) is 5.88 Å². The van der Waals surface area contributed by atoms with Crippen LogP contribution in [0, 0.1) is 0 Å². The first-order valence-electron chi connectivity index (χ1n) is 2.84. The molecule has 0 saturated heterocycles. The van der Waals surface area contributed by atoms with Crippen molar-refractivity contribution >= 4 is 37.6 Å². The minimum Gasteiger partial charge on any atom is -0.445 e. The number of ether oxygens (including phenoxy) is 1. The van der Waals surface area contributed by atoms with Crippen LogP contribution in [0.5, 0.6) is 0 Å². The predicted molar refractivity (Wildman–Crippen MR) is 44.6 cm³/mol. The number of halogens is 2. The zero-order valence-electron chi connectivity index (χ0n) is 6.08. The number of amides is 1. The maximum absolute atomic E-state index is 10.6. The molecule has 0 aliphatic carbocycles. The summed E-state index contributed by atoms with van der Waals surface area (Å²) >= 11 is 5.28. The molecule has 0 aliphatic rings. The topological polar surface area (TPSA) is 72.5 Å². The Hall–Kier alpha value is -0.200. The lowest BCUT2D eigenvalue weighted by Gasteiger charge is -2.08. The lowest BCUT2D eigenvalue weighted by molar-refractivity contribution is 0.123. The number of hydrogen-bond donors (Lipinski definition) is 1. The molecule has 0 aromatic rings. The number of carbonyl (C=O) groups is 1. The summed E-state index contributed by atoms with van der Waals surface area (Å²) in [6.45, 7) is 1.51. The molecule has 5 nitrogen and oxygen atoms in total. The van der Waals surface area contributed by atoms with Crippen LogP contribution in [0.2, 0.25) is 0 Å². The number of carbonyl (C=O) groups excluding carboxylic acids is 1. The minimum absolute atomic E-state index is 0.0791. The smallest absolute Gasteiger partial charge is 0.422 e. The largest absolute Gasteiger partial charge is 0.445 e. The second-order valence-corrected chi connectivity index (χ2v) is 4.52. The standard InChI is InChI=1S/C4H7Cl2NO4S/c1-3(2-5)11-4(8)7-12(6,9)10/h3H,2H2,1H3,(H,7,8).